The third-order valence-electron chi connectivity index (χ3n) is 3.55. The van der Waals surface area contributed by atoms with Crippen LogP contribution in [0.3, 0.4) is 0 Å². The minimum Gasteiger partial charge on any atom is -0.415 e. The molecule has 2 unspecified atom stereocenters. The van der Waals surface area contributed by atoms with Crippen LogP contribution >= 0.6 is 0 Å². The summed E-state index contributed by atoms with van der Waals surface area (Å²) in [4.78, 5) is 7.91. The Bertz CT molecular complexity index is 724. The molecule has 0 aliphatic carbocycles. The number of nitrogens with one attached hydrogen (secondary N) is 1. The molecule has 0 fully saturated rings. The van der Waals surface area contributed by atoms with Gasteiger partial charge in [0, 0.05) is 6.04 Å². The van der Waals surface area contributed by atoms with Gasteiger partial charge in [-0.05, 0) is 31.7 Å². The molecule has 9 nitrogen and oxygen atoms in total. The minimum absolute atomic E-state index is 0.0730. The lowest BCUT2D eigenvalue weighted by molar-refractivity contribution is -0.419. The molecule has 0 saturated heterocycles. The van der Waals surface area contributed by atoms with Gasteiger partial charge >= 0.3 is 6.16 Å². The van der Waals surface area contributed by atoms with E-state index in [9.17, 15) is 4.39 Å². The Kier molecular flexibility index (Phi) is 6.40. The van der Waals surface area contributed by atoms with E-state index in [-0.39, 0.29) is 24.1 Å². The molecule has 0 spiro atoms. The first kappa shape index (κ1) is 19.9. The van der Waals surface area contributed by atoms with E-state index < -0.39 is 18.1 Å². The van der Waals surface area contributed by atoms with Crippen LogP contribution in [-0.4, -0.2) is 44.5 Å². The number of nitrogens with two attached hydrogens (primary N) is 1. The van der Waals surface area contributed by atoms with Crippen LogP contribution in [0.15, 0.2) is 30.6 Å². The Hall–Kier alpha value is -2.37. The van der Waals surface area contributed by atoms with Gasteiger partial charge in [-0.3, -0.25) is 0 Å². The topological polar surface area (TPSA) is 143 Å². The van der Waals surface area contributed by atoms with Gasteiger partial charge in [0.25, 0.3) is 0 Å². The number of likely N-dealkylation sites (N-methyl/N-ethyl adjacent to an activating group) is 1. The van der Waals surface area contributed by atoms with Crippen molar-refractivity contribution in [2.24, 2.45) is 0 Å². The Balaban J connectivity index is 2.11. The largest absolute Gasteiger partial charge is 0.453 e. The number of benzene rings is 1. The summed E-state index contributed by atoms with van der Waals surface area (Å²) >= 11 is 0. The van der Waals surface area contributed by atoms with Crippen LogP contribution < -0.4 is 15.8 Å². The van der Waals surface area contributed by atoms with E-state index in [0.717, 1.165) is 12.4 Å². The van der Waals surface area contributed by atoms with Crippen LogP contribution in [0.1, 0.15) is 24.4 Å². The van der Waals surface area contributed by atoms with Gasteiger partial charge < -0.3 is 35.8 Å². The highest BCUT2D eigenvalue weighted by molar-refractivity contribution is 5.54. The first-order valence-corrected chi connectivity index (χ1v) is 7.70. The van der Waals surface area contributed by atoms with Gasteiger partial charge in [0.1, 0.15) is 6.10 Å². The van der Waals surface area contributed by atoms with Crippen molar-refractivity contribution in [3.05, 3.63) is 47.8 Å². The van der Waals surface area contributed by atoms with E-state index in [1.807, 2.05) is 6.92 Å². The number of rotatable bonds is 8. The minimum atomic E-state index is -3.32. The lowest BCUT2D eigenvalue weighted by atomic mass is 10.1. The number of hydrogen-bond acceptors (Lipinski definition) is 9. The number of anilines is 1. The molecule has 0 amide bonds. The van der Waals surface area contributed by atoms with Gasteiger partial charge in [0.2, 0.25) is 0 Å². The summed E-state index contributed by atoms with van der Waals surface area (Å²) in [7, 11) is 1.75. The predicted molar refractivity (Wildman–Crippen MR) is 88.9 cm³/mol. The Morgan fingerprint density at radius 3 is 2.46 bits per heavy atom. The molecule has 0 saturated carbocycles. The maximum atomic E-state index is 13.0. The molecule has 0 bridgehead atoms. The number of ether oxygens (including phenoxy) is 2. The fourth-order valence-electron chi connectivity index (χ4n) is 2.18. The highest BCUT2D eigenvalue weighted by Gasteiger charge is 2.24. The molecule has 1 heterocycles. The number of halogens is 1. The number of hydrogen-bond donors (Lipinski definition) is 5. The molecule has 2 aromatic rings. The van der Waals surface area contributed by atoms with Crippen LogP contribution in [0.2, 0.25) is 0 Å². The van der Waals surface area contributed by atoms with E-state index in [1.165, 1.54) is 12.1 Å². The summed E-state index contributed by atoms with van der Waals surface area (Å²) in [6, 6.07) is 4.27. The van der Waals surface area contributed by atoms with Gasteiger partial charge in [-0.25, -0.2) is 14.4 Å². The molecule has 1 aromatic heterocycles. The normalized spacial score (nSPS) is 14.1. The highest BCUT2D eigenvalue weighted by atomic mass is 19.1. The van der Waals surface area contributed by atoms with Gasteiger partial charge in [-0.1, -0.05) is 6.07 Å². The summed E-state index contributed by atoms with van der Waals surface area (Å²) in [5, 5.41) is 29.5. The van der Waals surface area contributed by atoms with Crippen molar-refractivity contribution in [2.75, 3.05) is 12.8 Å². The van der Waals surface area contributed by atoms with E-state index in [1.54, 1.807) is 13.1 Å². The van der Waals surface area contributed by atoms with Crippen LogP contribution in [-0.2, 0) is 11.3 Å². The molecule has 0 aliphatic rings. The van der Waals surface area contributed by atoms with Crippen molar-refractivity contribution in [2.45, 2.75) is 31.8 Å². The molecule has 0 aliphatic heterocycles. The molecule has 0 radical (unpaired) electrons. The molecule has 6 N–H and O–H groups in total. The predicted octanol–water partition coefficient (Wildman–Crippen LogP) is 0.0307. The number of nitrogen functional groups attached to an aromatic ring is 1. The zero-order chi connectivity index (χ0) is 19.3. The molecular formula is C16H21FN4O5. The van der Waals surface area contributed by atoms with E-state index in [0.29, 0.717) is 11.4 Å². The summed E-state index contributed by atoms with van der Waals surface area (Å²) in [5.41, 5.74) is 6.49. The van der Waals surface area contributed by atoms with Crippen molar-refractivity contribution in [3.63, 3.8) is 0 Å². The quantitative estimate of drug-likeness (QED) is 0.322. The van der Waals surface area contributed by atoms with E-state index in [2.05, 4.69) is 20.0 Å². The second-order valence-electron chi connectivity index (χ2n) is 5.62. The fourth-order valence-corrected chi connectivity index (χ4v) is 2.18. The summed E-state index contributed by atoms with van der Waals surface area (Å²) < 4.78 is 23.4. The number of nitrogens with zero attached hydrogens (tertiary/aromatic N) is 2. The third-order valence-corrected chi connectivity index (χ3v) is 3.55. The average molecular weight is 368 g/mol. The second kappa shape index (κ2) is 8.34. The zero-order valence-corrected chi connectivity index (χ0v) is 14.3. The first-order chi connectivity index (χ1) is 12.2. The van der Waals surface area contributed by atoms with E-state index in [4.69, 9.17) is 25.8 Å². The van der Waals surface area contributed by atoms with Crippen molar-refractivity contribution < 1.29 is 29.2 Å². The molecule has 2 rings (SSSR count). The molecule has 10 heteroatoms. The summed E-state index contributed by atoms with van der Waals surface area (Å²) in [6.45, 7) is 2.00. The van der Waals surface area contributed by atoms with Crippen LogP contribution in [0, 0.1) is 5.82 Å². The van der Waals surface area contributed by atoms with Gasteiger partial charge in [-0.2, -0.15) is 0 Å². The van der Waals surface area contributed by atoms with Crippen LogP contribution in [0.25, 0.3) is 0 Å². The number of aliphatic hydroxyl groups is 3. The van der Waals surface area contributed by atoms with E-state index >= 15 is 0 Å². The van der Waals surface area contributed by atoms with Gasteiger partial charge in [0.15, 0.2) is 17.4 Å². The van der Waals surface area contributed by atoms with Crippen molar-refractivity contribution >= 4 is 5.69 Å². The molecule has 1 aromatic carbocycles. The Morgan fingerprint density at radius 2 is 1.92 bits per heavy atom. The smallest absolute Gasteiger partial charge is 0.415 e. The maximum Gasteiger partial charge on any atom is 0.453 e. The van der Waals surface area contributed by atoms with Crippen molar-refractivity contribution in [1.29, 1.82) is 0 Å². The molecule has 2 atom stereocenters. The highest BCUT2D eigenvalue weighted by Crippen LogP contribution is 2.26. The molecule has 26 heavy (non-hydrogen) atoms. The maximum absolute atomic E-state index is 13.0. The molecular weight excluding hydrogens is 347 g/mol. The SMILES string of the molecule is CNC(C)C(OCc1ccc(OC(O)(O)O)c(N)c1)c1ncc(F)cn1. The molecule has 142 valence electrons. The lowest BCUT2D eigenvalue weighted by Crippen LogP contribution is -2.34. The van der Waals surface area contributed by atoms with Gasteiger partial charge in [-0.15, -0.1) is 0 Å². The van der Waals surface area contributed by atoms with Crippen molar-refractivity contribution in [3.8, 4) is 5.75 Å². The second-order valence-corrected chi connectivity index (χ2v) is 5.62. The third kappa shape index (κ3) is 5.58. The Labute approximate surface area is 149 Å². The van der Waals surface area contributed by atoms with Gasteiger partial charge in [0.05, 0.1) is 24.7 Å². The van der Waals surface area contributed by atoms with Crippen LogP contribution in [0.4, 0.5) is 10.1 Å². The average Bonchev–Trinajstić information content (AvgIpc) is 2.57. The lowest BCUT2D eigenvalue weighted by Gasteiger charge is -2.23. The van der Waals surface area contributed by atoms with Crippen LogP contribution in [0.5, 0.6) is 5.75 Å². The fraction of sp³-hybridized carbons (Fsp3) is 0.375. The first-order valence-electron chi connectivity index (χ1n) is 7.70. The summed E-state index contributed by atoms with van der Waals surface area (Å²) in [6.07, 6.45) is -1.73. The monoisotopic (exact) mass is 368 g/mol. The Morgan fingerprint density at radius 1 is 1.27 bits per heavy atom. The number of aromatic nitrogens is 2. The van der Waals surface area contributed by atoms with Crippen molar-refractivity contribution in [1.82, 2.24) is 15.3 Å². The standard InChI is InChI=1S/C16H21FN4O5/c1-9(19-2)14(15-20-6-11(17)7-21-15)25-8-10-3-4-13(12(18)5-10)26-16(22,23)24/h3-7,9,14,19,22-24H,8,18H2,1-2H3. The summed E-state index contributed by atoms with van der Waals surface area (Å²) in [5.74, 6) is -0.323. The zero-order valence-electron chi connectivity index (χ0n) is 14.3.